The van der Waals surface area contributed by atoms with Gasteiger partial charge in [0.1, 0.15) is 0 Å². The maximum atomic E-state index is 12.0. The molecule has 0 atom stereocenters. The Bertz CT molecular complexity index is 182. The fourth-order valence-corrected chi connectivity index (χ4v) is 1.11. The smallest absolute Gasteiger partial charge is 0.370 e. The molecule has 2 N–H and O–H groups in total. The minimum absolute atomic E-state index is 0.0317. The van der Waals surface area contributed by atoms with Crippen LogP contribution in [0.2, 0.25) is 0 Å². The summed E-state index contributed by atoms with van der Waals surface area (Å²) in [5.41, 5.74) is 4.85. The van der Waals surface area contributed by atoms with Gasteiger partial charge in [-0.25, -0.2) is 0 Å². The first kappa shape index (κ1) is 13.2. The van der Waals surface area contributed by atoms with Crippen molar-refractivity contribution in [3.05, 3.63) is 0 Å². The Hall–Kier alpha value is -0.780. The second kappa shape index (κ2) is 5.85. The van der Waals surface area contributed by atoms with Gasteiger partial charge in [0.25, 0.3) is 0 Å². The molecule has 0 aliphatic carbocycles. The molecule has 14 heavy (non-hydrogen) atoms. The molecule has 0 aliphatic heterocycles. The van der Waals surface area contributed by atoms with E-state index in [1.807, 2.05) is 0 Å². The SMILES string of the molecule is CCCN(CCC(N)=O)CC(F)(F)F. The lowest BCUT2D eigenvalue weighted by atomic mass is 10.3. The highest BCUT2D eigenvalue weighted by Crippen LogP contribution is 2.16. The van der Waals surface area contributed by atoms with E-state index in [2.05, 4.69) is 0 Å². The monoisotopic (exact) mass is 212 g/mol. The van der Waals surface area contributed by atoms with Gasteiger partial charge in [-0.1, -0.05) is 6.92 Å². The molecule has 0 aliphatic rings. The summed E-state index contributed by atoms with van der Waals surface area (Å²) >= 11 is 0. The highest BCUT2D eigenvalue weighted by Gasteiger charge is 2.30. The summed E-state index contributed by atoms with van der Waals surface area (Å²) in [6, 6.07) is 0. The molecule has 3 nitrogen and oxygen atoms in total. The van der Waals surface area contributed by atoms with E-state index in [1.165, 1.54) is 4.90 Å². The summed E-state index contributed by atoms with van der Waals surface area (Å²) in [5.74, 6) is -0.576. The van der Waals surface area contributed by atoms with Crippen molar-refractivity contribution >= 4 is 5.91 Å². The number of nitrogens with two attached hydrogens (primary N) is 1. The predicted octanol–water partition coefficient (Wildman–Crippen LogP) is 1.14. The summed E-state index contributed by atoms with van der Waals surface area (Å²) in [7, 11) is 0. The number of alkyl halides is 3. The van der Waals surface area contributed by atoms with Gasteiger partial charge in [-0.15, -0.1) is 0 Å². The van der Waals surface area contributed by atoms with Crippen LogP contribution >= 0.6 is 0 Å². The minimum atomic E-state index is -4.22. The predicted molar refractivity (Wildman–Crippen MR) is 46.6 cm³/mol. The molecule has 0 bridgehead atoms. The normalized spacial score (nSPS) is 12.1. The third-order valence-corrected chi connectivity index (χ3v) is 1.62. The van der Waals surface area contributed by atoms with Crippen molar-refractivity contribution in [1.29, 1.82) is 0 Å². The zero-order valence-corrected chi connectivity index (χ0v) is 8.10. The molecule has 0 aromatic heterocycles. The molecule has 0 fully saturated rings. The Morgan fingerprint density at radius 3 is 2.29 bits per heavy atom. The van der Waals surface area contributed by atoms with Gasteiger partial charge >= 0.3 is 6.18 Å². The Labute approximate surface area is 81.1 Å². The summed E-state index contributed by atoms with van der Waals surface area (Å²) in [6.45, 7) is 1.21. The molecule has 0 saturated carbocycles. The fraction of sp³-hybridized carbons (Fsp3) is 0.875. The summed E-state index contributed by atoms with van der Waals surface area (Å²) in [6.07, 6.45) is -3.63. The number of rotatable bonds is 6. The molecule has 84 valence electrons. The van der Waals surface area contributed by atoms with E-state index < -0.39 is 18.6 Å². The van der Waals surface area contributed by atoms with Gasteiger partial charge < -0.3 is 5.73 Å². The molecule has 0 radical (unpaired) electrons. The lowest BCUT2D eigenvalue weighted by Gasteiger charge is -2.22. The molecular formula is C8H15F3N2O. The Morgan fingerprint density at radius 1 is 1.36 bits per heavy atom. The number of amides is 1. The summed E-state index contributed by atoms with van der Waals surface area (Å²) < 4.78 is 36.0. The average Bonchev–Trinajstić information content (AvgIpc) is 1.98. The van der Waals surface area contributed by atoms with Crippen molar-refractivity contribution in [3.8, 4) is 0 Å². The van der Waals surface area contributed by atoms with Crippen molar-refractivity contribution in [2.75, 3.05) is 19.6 Å². The average molecular weight is 212 g/mol. The van der Waals surface area contributed by atoms with Crippen LogP contribution in [0.3, 0.4) is 0 Å². The number of hydrogen-bond acceptors (Lipinski definition) is 2. The van der Waals surface area contributed by atoms with Gasteiger partial charge in [-0.05, 0) is 13.0 Å². The maximum Gasteiger partial charge on any atom is 0.401 e. The molecule has 1 amide bonds. The highest BCUT2D eigenvalue weighted by atomic mass is 19.4. The van der Waals surface area contributed by atoms with Crippen LogP contribution in [0.1, 0.15) is 19.8 Å². The molecule has 0 heterocycles. The van der Waals surface area contributed by atoms with Crippen LogP contribution < -0.4 is 5.73 Å². The largest absolute Gasteiger partial charge is 0.401 e. The topological polar surface area (TPSA) is 46.3 Å². The number of primary amides is 1. The molecule has 6 heteroatoms. The first-order chi connectivity index (χ1) is 6.35. The van der Waals surface area contributed by atoms with Gasteiger partial charge in [0.15, 0.2) is 0 Å². The number of carbonyl (C=O) groups excluding carboxylic acids is 1. The Kier molecular flexibility index (Phi) is 5.52. The van der Waals surface area contributed by atoms with E-state index in [0.717, 1.165) is 0 Å². The van der Waals surface area contributed by atoms with Gasteiger partial charge in [0.05, 0.1) is 6.54 Å². The van der Waals surface area contributed by atoms with Gasteiger partial charge in [0, 0.05) is 13.0 Å². The Balaban J connectivity index is 3.95. The first-order valence-electron chi connectivity index (χ1n) is 4.42. The number of hydrogen-bond donors (Lipinski definition) is 1. The lowest BCUT2D eigenvalue weighted by Crippen LogP contribution is -2.36. The van der Waals surface area contributed by atoms with Crippen LogP contribution in [-0.2, 0) is 4.79 Å². The van der Waals surface area contributed by atoms with Gasteiger partial charge in [-0.2, -0.15) is 13.2 Å². The molecule has 0 rings (SSSR count). The standard InChI is InChI=1S/C8H15F3N2O/c1-2-4-13(5-3-7(12)14)6-8(9,10)11/h2-6H2,1H3,(H2,12,14). The van der Waals surface area contributed by atoms with Crippen molar-refractivity contribution in [1.82, 2.24) is 4.90 Å². The number of halogens is 3. The van der Waals surface area contributed by atoms with Crippen LogP contribution in [0.4, 0.5) is 13.2 Å². The van der Waals surface area contributed by atoms with E-state index >= 15 is 0 Å². The van der Waals surface area contributed by atoms with Crippen LogP contribution in [0.15, 0.2) is 0 Å². The molecule has 0 spiro atoms. The van der Waals surface area contributed by atoms with Crippen LogP contribution in [-0.4, -0.2) is 36.6 Å². The van der Waals surface area contributed by atoms with Crippen molar-refractivity contribution in [3.63, 3.8) is 0 Å². The quantitative estimate of drug-likeness (QED) is 0.717. The van der Waals surface area contributed by atoms with E-state index in [-0.39, 0.29) is 13.0 Å². The Morgan fingerprint density at radius 2 is 1.93 bits per heavy atom. The van der Waals surface area contributed by atoms with Crippen molar-refractivity contribution in [2.45, 2.75) is 25.9 Å². The van der Waals surface area contributed by atoms with Gasteiger partial charge in [-0.3, -0.25) is 9.69 Å². The molecular weight excluding hydrogens is 197 g/mol. The van der Waals surface area contributed by atoms with Crippen molar-refractivity contribution < 1.29 is 18.0 Å². The molecule has 0 unspecified atom stereocenters. The van der Waals surface area contributed by atoms with E-state index in [1.54, 1.807) is 6.92 Å². The fourth-order valence-electron chi connectivity index (χ4n) is 1.11. The van der Waals surface area contributed by atoms with Crippen LogP contribution in [0.25, 0.3) is 0 Å². The van der Waals surface area contributed by atoms with Gasteiger partial charge in [0.2, 0.25) is 5.91 Å². The van der Waals surface area contributed by atoms with Crippen molar-refractivity contribution in [2.24, 2.45) is 5.73 Å². The first-order valence-corrected chi connectivity index (χ1v) is 4.42. The zero-order valence-electron chi connectivity index (χ0n) is 8.10. The van der Waals surface area contributed by atoms with Crippen LogP contribution in [0.5, 0.6) is 0 Å². The third-order valence-electron chi connectivity index (χ3n) is 1.62. The molecule has 0 aromatic carbocycles. The maximum absolute atomic E-state index is 12.0. The molecule has 0 saturated heterocycles. The minimum Gasteiger partial charge on any atom is -0.370 e. The lowest BCUT2D eigenvalue weighted by molar-refractivity contribution is -0.147. The summed E-state index contributed by atoms with van der Waals surface area (Å²) in [5, 5.41) is 0. The summed E-state index contributed by atoms with van der Waals surface area (Å²) in [4.78, 5) is 11.6. The number of nitrogens with zero attached hydrogens (tertiary/aromatic N) is 1. The van der Waals surface area contributed by atoms with E-state index in [0.29, 0.717) is 13.0 Å². The van der Waals surface area contributed by atoms with E-state index in [4.69, 9.17) is 5.73 Å². The highest BCUT2D eigenvalue weighted by molar-refractivity contribution is 5.73. The molecule has 0 aromatic rings. The zero-order chi connectivity index (χ0) is 11.2. The second-order valence-corrected chi connectivity index (χ2v) is 3.11. The third kappa shape index (κ3) is 7.85. The number of carbonyl (C=O) groups is 1. The van der Waals surface area contributed by atoms with Crippen LogP contribution in [0, 0.1) is 0 Å². The van der Waals surface area contributed by atoms with E-state index in [9.17, 15) is 18.0 Å². The second-order valence-electron chi connectivity index (χ2n) is 3.11.